The van der Waals surface area contributed by atoms with E-state index in [1.54, 1.807) is 0 Å². The Morgan fingerprint density at radius 2 is 2.14 bits per heavy atom. The van der Waals surface area contributed by atoms with Gasteiger partial charge in [-0.2, -0.15) is 0 Å². The summed E-state index contributed by atoms with van der Waals surface area (Å²) in [5.74, 6) is 0. The van der Waals surface area contributed by atoms with E-state index >= 15 is 0 Å². The van der Waals surface area contributed by atoms with Gasteiger partial charge >= 0.3 is 0 Å². The monoisotopic (exact) mass is 190 g/mol. The third kappa shape index (κ3) is 2.26. The van der Waals surface area contributed by atoms with Gasteiger partial charge in [0.1, 0.15) is 0 Å². The number of nitrogens with one attached hydrogen (secondary N) is 2. The molecule has 1 fully saturated rings. The molecule has 1 saturated heterocycles. The highest BCUT2D eigenvalue weighted by Crippen LogP contribution is 2.19. The van der Waals surface area contributed by atoms with E-state index in [9.17, 15) is 0 Å². The van der Waals surface area contributed by atoms with Gasteiger partial charge in [0.05, 0.1) is 0 Å². The minimum absolute atomic E-state index is 0.288. The van der Waals surface area contributed by atoms with Crippen molar-refractivity contribution in [1.29, 1.82) is 0 Å². The van der Waals surface area contributed by atoms with Gasteiger partial charge in [-0.15, -0.1) is 0 Å². The molecule has 2 heteroatoms. The Hall–Kier alpha value is -1.02. The fourth-order valence-electron chi connectivity index (χ4n) is 1.96. The lowest BCUT2D eigenvalue weighted by atomic mass is 10.0. The van der Waals surface area contributed by atoms with E-state index in [0.717, 1.165) is 13.1 Å². The van der Waals surface area contributed by atoms with Crippen molar-refractivity contribution in [3.63, 3.8) is 0 Å². The van der Waals surface area contributed by atoms with Crippen LogP contribution in [-0.2, 0) is 0 Å². The number of hydrogen-bond acceptors (Lipinski definition) is 2. The highest BCUT2D eigenvalue weighted by atomic mass is 15.0. The highest BCUT2D eigenvalue weighted by molar-refractivity contribution is 5.42. The second-order valence-corrected chi connectivity index (χ2v) is 4.31. The normalized spacial score (nSPS) is 26.4. The number of rotatable bonds is 3. The molecule has 0 bridgehead atoms. The molecule has 1 aromatic rings. The standard InChI is InChI=1S/C12H18N2/c1-12(8-5-9-14-12)10-13-11-6-3-2-4-7-11/h2-4,6-7,13-14H,5,8-10H2,1H3. The van der Waals surface area contributed by atoms with Crippen LogP contribution in [0.4, 0.5) is 5.69 Å². The molecule has 0 radical (unpaired) electrons. The first-order chi connectivity index (χ1) is 6.79. The smallest absolute Gasteiger partial charge is 0.0340 e. The predicted octanol–water partition coefficient (Wildman–Crippen LogP) is 2.24. The summed E-state index contributed by atoms with van der Waals surface area (Å²) in [5.41, 5.74) is 1.50. The van der Waals surface area contributed by atoms with Crippen LogP contribution in [-0.4, -0.2) is 18.6 Å². The van der Waals surface area contributed by atoms with Crippen LogP contribution in [0.5, 0.6) is 0 Å². The van der Waals surface area contributed by atoms with E-state index in [1.165, 1.54) is 18.5 Å². The summed E-state index contributed by atoms with van der Waals surface area (Å²) in [6.45, 7) is 4.46. The number of anilines is 1. The fraction of sp³-hybridized carbons (Fsp3) is 0.500. The number of hydrogen-bond donors (Lipinski definition) is 2. The molecule has 0 aliphatic carbocycles. The number of benzene rings is 1. The molecule has 1 heterocycles. The lowest BCUT2D eigenvalue weighted by Gasteiger charge is -2.25. The Balaban J connectivity index is 1.88. The molecule has 1 unspecified atom stereocenters. The Labute approximate surface area is 85.7 Å². The van der Waals surface area contributed by atoms with Gasteiger partial charge in [-0.25, -0.2) is 0 Å². The zero-order valence-electron chi connectivity index (χ0n) is 8.72. The molecule has 14 heavy (non-hydrogen) atoms. The van der Waals surface area contributed by atoms with E-state index < -0.39 is 0 Å². The summed E-state index contributed by atoms with van der Waals surface area (Å²) in [7, 11) is 0. The quantitative estimate of drug-likeness (QED) is 0.764. The van der Waals surface area contributed by atoms with Crippen LogP contribution in [0.3, 0.4) is 0 Å². The maximum absolute atomic E-state index is 3.54. The van der Waals surface area contributed by atoms with Crippen LogP contribution >= 0.6 is 0 Å². The van der Waals surface area contributed by atoms with Gasteiger partial charge < -0.3 is 10.6 Å². The van der Waals surface area contributed by atoms with E-state index in [2.05, 4.69) is 41.8 Å². The van der Waals surface area contributed by atoms with Crippen molar-refractivity contribution < 1.29 is 0 Å². The summed E-state index contributed by atoms with van der Waals surface area (Å²) in [6, 6.07) is 10.4. The SMILES string of the molecule is CC1(CNc2ccccc2)CCCN1. The molecule has 2 nitrogen and oxygen atoms in total. The van der Waals surface area contributed by atoms with Gasteiger partial charge in [-0.3, -0.25) is 0 Å². The minimum atomic E-state index is 0.288. The highest BCUT2D eigenvalue weighted by Gasteiger charge is 2.27. The molecule has 0 saturated carbocycles. The molecule has 2 rings (SSSR count). The lowest BCUT2D eigenvalue weighted by Crippen LogP contribution is -2.42. The Morgan fingerprint density at radius 1 is 1.36 bits per heavy atom. The van der Waals surface area contributed by atoms with Crippen molar-refractivity contribution >= 4 is 5.69 Å². The van der Waals surface area contributed by atoms with E-state index in [4.69, 9.17) is 0 Å². The van der Waals surface area contributed by atoms with Crippen LogP contribution in [0.2, 0.25) is 0 Å². The molecule has 0 aromatic heterocycles. The second-order valence-electron chi connectivity index (χ2n) is 4.31. The second kappa shape index (κ2) is 4.01. The molecule has 1 aromatic carbocycles. The third-order valence-corrected chi connectivity index (χ3v) is 2.91. The van der Waals surface area contributed by atoms with Crippen molar-refractivity contribution in [2.45, 2.75) is 25.3 Å². The van der Waals surface area contributed by atoms with Crippen molar-refractivity contribution in [1.82, 2.24) is 5.32 Å². The fourth-order valence-corrected chi connectivity index (χ4v) is 1.96. The van der Waals surface area contributed by atoms with Crippen LogP contribution in [0.25, 0.3) is 0 Å². The maximum atomic E-state index is 3.54. The van der Waals surface area contributed by atoms with Gasteiger partial charge in [0, 0.05) is 17.8 Å². The van der Waals surface area contributed by atoms with Crippen molar-refractivity contribution in [3.05, 3.63) is 30.3 Å². The van der Waals surface area contributed by atoms with Crippen molar-refractivity contribution in [2.24, 2.45) is 0 Å². The van der Waals surface area contributed by atoms with E-state index in [1.807, 2.05) is 6.07 Å². The Morgan fingerprint density at radius 3 is 2.79 bits per heavy atom. The first-order valence-corrected chi connectivity index (χ1v) is 5.32. The topological polar surface area (TPSA) is 24.1 Å². The molecule has 0 amide bonds. The lowest BCUT2D eigenvalue weighted by molar-refractivity contribution is 0.439. The van der Waals surface area contributed by atoms with E-state index in [-0.39, 0.29) is 5.54 Å². The summed E-state index contributed by atoms with van der Waals surface area (Å²) in [6.07, 6.45) is 2.57. The van der Waals surface area contributed by atoms with Crippen molar-refractivity contribution in [3.8, 4) is 0 Å². The zero-order chi connectivity index (χ0) is 9.86. The number of para-hydroxylation sites is 1. The maximum Gasteiger partial charge on any atom is 0.0340 e. The molecule has 1 aliphatic heterocycles. The summed E-state index contributed by atoms with van der Waals surface area (Å²) < 4.78 is 0. The minimum Gasteiger partial charge on any atom is -0.383 e. The molecule has 0 spiro atoms. The molecule has 76 valence electrons. The van der Waals surface area contributed by atoms with Crippen molar-refractivity contribution in [2.75, 3.05) is 18.4 Å². The molecule has 2 N–H and O–H groups in total. The largest absolute Gasteiger partial charge is 0.383 e. The van der Waals surface area contributed by atoms with Crippen LogP contribution < -0.4 is 10.6 Å². The van der Waals surface area contributed by atoms with Gasteiger partial charge in [0.2, 0.25) is 0 Å². The van der Waals surface area contributed by atoms with Gasteiger partial charge in [-0.1, -0.05) is 18.2 Å². The van der Waals surface area contributed by atoms with E-state index in [0.29, 0.717) is 0 Å². The average Bonchev–Trinajstić information content (AvgIpc) is 2.65. The summed E-state index contributed by atoms with van der Waals surface area (Å²) in [5, 5.41) is 7.01. The predicted molar refractivity (Wildman–Crippen MR) is 60.6 cm³/mol. The Kier molecular flexibility index (Phi) is 2.73. The summed E-state index contributed by atoms with van der Waals surface area (Å²) in [4.78, 5) is 0. The first-order valence-electron chi connectivity index (χ1n) is 5.32. The molecule has 1 aliphatic rings. The average molecular weight is 190 g/mol. The molecular formula is C12H18N2. The summed E-state index contributed by atoms with van der Waals surface area (Å²) >= 11 is 0. The van der Waals surface area contributed by atoms with Crippen LogP contribution in [0.15, 0.2) is 30.3 Å². The molecule has 1 atom stereocenters. The van der Waals surface area contributed by atoms with Gasteiger partial charge in [0.25, 0.3) is 0 Å². The Bertz CT molecular complexity index is 276. The first kappa shape index (κ1) is 9.53. The third-order valence-electron chi connectivity index (χ3n) is 2.91. The molecular weight excluding hydrogens is 172 g/mol. The van der Waals surface area contributed by atoms with Gasteiger partial charge in [-0.05, 0) is 38.4 Å². The van der Waals surface area contributed by atoms with Gasteiger partial charge in [0.15, 0.2) is 0 Å². The zero-order valence-corrected chi connectivity index (χ0v) is 8.72. The van der Waals surface area contributed by atoms with Crippen LogP contribution in [0, 0.1) is 0 Å². The van der Waals surface area contributed by atoms with Crippen LogP contribution in [0.1, 0.15) is 19.8 Å².